The second-order valence-electron chi connectivity index (χ2n) is 10.3. The number of amides is 3. The largest absolute Gasteiger partial charge is 0.497 e. The van der Waals surface area contributed by atoms with Gasteiger partial charge in [-0.1, -0.05) is 43.3 Å². The summed E-state index contributed by atoms with van der Waals surface area (Å²) >= 11 is 0. The molecule has 0 aromatic heterocycles. The molecule has 0 aliphatic carbocycles. The number of carbonyl (C=O) groups is 2. The fourth-order valence-electron chi connectivity index (χ4n) is 4.78. The number of nitrogens with zero attached hydrogens (tertiary/aromatic N) is 2. The normalized spacial score (nSPS) is 17.8. The van der Waals surface area contributed by atoms with Crippen molar-refractivity contribution >= 4 is 23.3 Å². The molecule has 3 N–H and O–H groups in total. The van der Waals surface area contributed by atoms with Gasteiger partial charge in [0, 0.05) is 31.2 Å². The van der Waals surface area contributed by atoms with Gasteiger partial charge < -0.3 is 30.1 Å². The molecular weight excluding hydrogens is 508 g/mol. The van der Waals surface area contributed by atoms with Gasteiger partial charge in [0.1, 0.15) is 11.9 Å². The topological polar surface area (TPSA) is 103 Å². The molecule has 0 radical (unpaired) electrons. The van der Waals surface area contributed by atoms with Gasteiger partial charge in [0.15, 0.2) is 5.75 Å². The number of ether oxygens (including phenoxy) is 2. The first kappa shape index (κ1) is 28.9. The Balaban J connectivity index is 1.61. The third-order valence-electron chi connectivity index (χ3n) is 7.07. The van der Waals surface area contributed by atoms with Gasteiger partial charge in [-0.05, 0) is 55.9 Å². The molecule has 0 saturated carbocycles. The summed E-state index contributed by atoms with van der Waals surface area (Å²) in [6.07, 6.45) is -0.302. The van der Waals surface area contributed by atoms with E-state index in [0.717, 1.165) is 11.3 Å². The summed E-state index contributed by atoms with van der Waals surface area (Å²) in [5, 5.41) is 15.6. The number of likely N-dealkylation sites (N-methyl/N-ethyl adjacent to an activating group) is 1. The lowest BCUT2D eigenvalue weighted by atomic mass is 9.99. The van der Waals surface area contributed by atoms with Crippen molar-refractivity contribution in [3.63, 3.8) is 0 Å². The molecule has 3 aromatic carbocycles. The zero-order chi connectivity index (χ0) is 28.6. The highest BCUT2D eigenvalue weighted by atomic mass is 16.5. The summed E-state index contributed by atoms with van der Waals surface area (Å²) in [6, 6.07) is 21.4. The Hall–Kier alpha value is -4.08. The van der Waals surface area contributed by atoms with E-state index >= 15 is 0 Å². The van der Waals surface area contributed by atoms with Crippen LogP contribution in [0.2, 0.25) is 0 Å². The molecule has 4 rings (SSSR count). The lowest BCUT2D eigenvalue weighted by Crippen LogP contribution is -2.49. The van der Waals surface area contributed by atoms with Gasteiger partial charge in [-0.15, -0.1) is 0 Å². The van der Waals surface area contributed by atoms with Crippen LogP contribution in [0.25, 0.3) is 0 Å². The van der Waals surface area contributed by atoms with Crippen molar-refractivity contribution in [1.29, 1.82) is 0 Å². The molecule has 9 heteroatoms. The van der Waals surface area contributed by atoms with Crippen molar-refractivity contribution in [2.45, 2.75) is 32.5 Å². The monoisotopic (exact) mass is 546 g/mol. The van der Waals surface area contributed by atoms with E-state index in [-0.39, 0.29) is 30.6 Å². The summed E-state index contributed by atoms with van der Waals surface area (Å²) in [5.41, 5.74) is 2.51. The smallest absolute Gasteiger partial charge is 0.323 e. The van der Waals surface area contributed by atoms with Gasteiger partial charge in [-0.25, -0.2) is 4.79 Å². The van der Waals surface area contributed by atoms with Gasteiger partial charge in [0.05, 0.1) is 31.0 Å². The standard InChI is InChI=1S/C31H38N4O5/c1-21-17-35(22(2)20-36)30(37)26-11-8-12-27(33-31(38)32-24-9-6-5-7-10-24)29(26)40-28(21)19-34(3)18-23-13-15-25(39-4)16-14-23/h5-16,21-22,28,36H,17-20H2,1-4H3,(H2,32,33,38)/t21-,22+,28+/m1/s1. The van der Waals surface area contributed by atoms with E-state index in [0.29, 0.717) is 42.3 Å². The molecule has 3 amide bonds. The number of fused-ring (bicyclic) bond motifs is 1. The Kier molecular flexibility index (Phi) is 9.63. The van der Waals surface area contributed by atoms with Crippen LogP contribution in [0.5, 0.6) is 11.5 Å². The predicted octanol–water partition coefficient (Wildman–Crippen LogP) is 4.69. The number of aliphatic hydroxyl groups excluding tert-OH is 1. The molecule has 0 spiro atoms. The minimum absolute atomic E-state index is 0.0596. The number of anilines is 2. The number of carbonyl (C=O) groups excluding carboxylic acids is 2. The summed E-state index contributed by atoms with van der Waals surface area (Å²) < 4.78 is 11.9. The van der Waals surface area contributed by atoms with E-state index in [9.17, 15) is 14.7 Å². The van der Waals surface area contributed by atoms with Crippen molar-refractivity contribution in [3.05, 3.63) is 83.9 Å². The average molecular weight is 547 g/mol. The molecule has 212 valence electrons. The third kappa shape index (κ3) is 7.11. The van der Waals surface area contributed by atoms with Gasteiger partial charge in [0.25, 0.3) is 5.91 Å². The summed E-state index contributed by atoms with van der Waals surface area (Å²) in [6.45, 7) is 5.40. The van der Waals surface area contributed by atoms with Crippen molar-refractivity contribution < 1.29 is 24.2 Å². The first-order chi connectivity index (χ1) is 19.3. The Morgan fingerprint density at radius 1 is 1.10 bits per heavy atom. The number of urea groups is 1. The maximum Gasteiger partial charge on any atom is 0.323 e. The fraction of sp³-hybridized carbons (Fsp3) is 0.355. The van der Waals surface area contributed by atoms with Crippen LogP contribution in [0.3, 0.4) is 0 Å². The number of methoxy groups -OCH3 is 1. The van der Waals surface area contributed by atoms with Crippen LogP contribution in [0.4, 0.5) is 16.2 Å². The van der Waals surface area contributed by atoms with Crippen molar-refractivity contribution in [2.75, 3.05) is 44.5 Å². The average Bonchev–Trinajstić information content (AvgIpc) is 2.95. The fourth-order valence-corrected chi connectivity index (χ4v) is 4.78. The van der Waals surface area contributed by atoms with Crippen molar-refractivity contribution in [3.8, 4) is 11.5 Å². The maximum absolute atomic E-state index is 13.7. The summed E-state index contributed by atoms with van der Waals surface area (Å²) in [7, 11) is 3.67. The van der Waals surface area contributed by atoms with E-state index in [1.165, 1.54) is 0 Å². The minimum Gasteiger partial charge on any atom is -0.497 e. The molecule has 9 nitrogen and oxygen atoms in total. The molecule has 1 aliphatic heterocycles. The van der Waals surface area contributed by atoms with E-state index < -0.39 is 6.03 Å². The molecule has 1 heterocycles. The Bertz CT molecular complexity index is 1280. The SMILES string of the molecule is COc1ccc(CN(C)C[C@@H]2Oc3c(NC(=O)Nc4ccccc4)cccc3C(=O)N([C@@H](C)CO)C[C@H]2C)cc1. The van der Waals surface area contributed by atoms with E-state index in [2.05, 4.69) is 15.5 Å². The molecular formula is C31H38N4O5. The lowest BCUT2D eigenvalue weighted by molar-refractivity contribution is 0.0343. The first-order valence-electron chi connectivity index (χ1n) is 13.4. The summed E-state index contributed by atoms with van der Waals surface area (Å²) in [5.74, 6) is 0.815. The van der Waals surface area contributed by atoms with E-state index in [4.69, 9.17) is 9.47 Å². The lowest BCUT2D eigenvalue weighted by Gasteiger charge is -2.38. The number of para-hydroxylation sites is 2. The predicted molar refractivity (Wildman–Crippen MR) is 156 cm³/mol. The zero-order valence-electron chi connectivity index (χ0n) is 23.5. The van der Waals surface area contributed by atoms with Crippen molar-refractivity contribution in [1.82, 2.24) is 9.80 Å². The van der Waals surface area contributed by atoms with Gasteiger partial charge in [-0.3, -0.25) is 9.69 Å². The molecule has 3 atom stereocenters. The highest BCUT2D eigenvalue weighted by Crippen LogP contribution is 2.35. The van der Waals surface area contributed by atoms with Crippen LogP contribution in [0.1, 0.15) is 29.8 Å². The second-order valence-corrected chi connectivity index (χ2v) is 10.3. The van der Waals surface area contributed by atoms with Gasteiger partial charge in [-0.2, -0.15) is 0 Å². The maximum atomic E-state index is 13.7. The number of nitrogens with one attached hydrogen (secondary N) is 2. The van der Waals surface area contributed by atoms with Gasteiger partial charge >= 0.3 is 6.03 Å². The number of hydrogen-bond donors (Lipinski definition) is 3. The minimum atomic E-state index is -0.445. The van der Waals surface area contributed by atoms with Crippen LogP contribution in [-0.2, 0) is 6.54 Å². The molecule has 0 bridgehead atoms. The van der Waals surface area contributed by atoms with Gasteiger partial charge in [0.2, 0.25) is 0 Å². The zero-order valence-corrected chi connectivity index (χ0v) is 23.5. The number of rotatable bonds is 9. The molecule has 1 aliphatic rings. The highest BCUT2D eigenvalue weighted by Gasteiger charge is 2.34. The Labute approximate surface area is 235 Å². The molecule has 0 saturated heterocycles. The number of aliphatic hydroxyl groups is 1. The van der Waals surface area contributed by atoms with Crippen LogP contribution in [0.15, 0.2) is 72.8 Å². The van der Waals surface area contributed by atoms with E-state index in [1.807, 2.05) is 63.4 Å². The molecule has 0 unspecified atom stereocenters. The van der Waals surface area contributed by atoms with Crippen molar-refractivity contribution in [2.24, 2.45) is 5.92 Å². The molecule has 3 aromatic rings. The van der Waals surface area contributed by atoms with Crippen LogP contribution >= 0.6 is 0 Å². The Morgan fingerprint density at radius 2 is 1.82 bits per heavy atom. The quantitative estimate of drug-likeness (QED) is 0.360. The second kappa shape index (κ2) is 13.3. The number of benzene rings is 3. The van der Waals surface area contributed by atoms with Crippen LogP contribution in [0, 0.1) is 5.92 Å². The molecule has 0 fully saturated rings. The summed E-state index contributed by atoms with van der Waals surface area (Å²) in [4.78, 5) is 30.4. The highest BCUT2D eigenvalue weighted by molar-refractivity contribution is 6.04. The van der Waals surface area contributed by atoms with Crippen LogP contribution in [-0.4, -0.2) is 72.8 Å². The first-order valence-corrected chi connectivity index (χ1v) is 13.4. The van der Waals surface area contributed by atoms with E-state index in [1.54, 1.807) is 42.3 Å². The van der Waals surface area contributed by atoms with Crippen LogP contribution < -0.4 is 20.1 Å². The Morgan fingerprint density at radius 3 is 2.50 bits per heavy atom. The number of hydrogen-bond acceptors (Lipinski definition) is 6. The third-order valence-corrected chi connectivity index (χ3v) is 7.07. The molecule has 40 heavy (non-hydrogen) atoms.